The molecule has 2 atom stereocenters. The molecular formula is C26H39NO9. The number of rotatable bonds is 13. The largest absolute Gasteiger partial charge is 0.508 e. The Labute approximate surface area is 212 Å². The summed E-state index contributed by atoms with van der Waals surface area (Å²) in [6.07, 6.45) is 0.123. The van der Waals surface area contributed by atoms with Gasteiger partial charge >= 0.3 is 24.1 Å². The number of carbonyl (C=O) groups is 4. The average molecular weight is 510 g/mol. The van der Waals surface area contributed by atoms with Gasteiger partial charge in [-0.3, -0.25) is 14.4 Å². The summed E-state index contributed by atoms with van der Waals surface area (Å²) in [5.74, 6) is -1.43. The van der Waals surface area contributed by atoms with Gasteiger partial charge in [0, 0.05) is 12.8 Å². The van der Waals surface area contributed by atoms with Crippen molar-refractivity contribution in [2.45, 2.75) is 85.8 Å². The third kappa shape index (κ3) is 12.5. The lowest BCUT2D eigenvalue weighted by Crippen LogP contribution is -2.36. The van der Waals surface area contributed by atoms with Crippen molar-refractivity contribution >= 4 is 24.1 Å². The Morgan fingerprint density at radius 2 is 1.50 bits per heavy atom. The van der Waals surface area contributed by atoms with Gasteiger partial charge in [0.15, 0.2) is 11.5 Å². The summed E-state index contributed by atoms with van der Waals surface area (Å²) in [7, 11) is 0. The summed E-state index contributed by atoms with van der Waals surface area (Å²) >= 11 is 0. The van der Waals surface area contributed by atoms with Crippen LogP contribution in [-0.4, -0.2) is 49.4 Å². The molecule has 0 unspecified atom stereocenters. The Bertz CT molecular complexity index is 892. The Morgan fingerprint density at radius 3 is 2.06 bits per heavy atom. The lowest BCUT2D eigenvalue weighted by molar-refractivity contribution is -0.148. The quantitative estimate of drug-likeness (QED) is 0.305. The molecule has 1 aromatic rings. The van der Waals surface area contributed by atoms with Crippen molar-refractivity contribution in [2.75, 3.05) is 13.2 Å². The number of carbonyl (C=O) groups excluding carboxylic acids is 4. The molecule has 202 valence electrons. The highest BCUT2D eigenvalue weighted by molar-refractivity contribution is 5.77. The Balaban J connectivity index is 2.72. The highest BCUT2D eigenvalue weighted by Crippen LogP contribution is 2.30. The van der Waals surface area contributed by atoms with Gasteiger partial charge in [0.1, 0.15) is 18.8 Å². The number of benzene rings is 1. The average Bonchev–Trinajstić information content (AvgIpc) is 2.77. The first-order valence-electron chi connectivity index (χ1n) is 12.1. The van der Waals surface area contributed by atoms with E-state index in [-0.39, 0.29) is 49.4 Å². The van der Waals surface area contributed by atoms with Crippen LogP contribution in [0.4, 0.5) is 4.79 Å². The monoisotopic (exact) mass is 509 g/mol. The predicted molar refractivity (Wildman–Crippen MR) is 132 cm³/mol. The van der Waals surface area contributed by atoms with Crippen molar-refractivity contribution in [2.24, 2.45) is 11.1 Å². The van der Waals surface area contributed by atoms with Crippen molar-refractivity contribution in [1.29, 1.82) is 0 Å². The fourth-order valence-electron chi connectivity index (χ4n) is 2.75. The molecule has 36 heavy (non-hydrogen) atoms. The fourth-order valence-corrected chi connectivity index (χ4v) is 2.75. The van der Waals surface area contributed by atoms with Crippen LogP contribution in [0.2, 0.25) is 0 Å². The Kier molecular flexibility index (Phi) is 12.9. The summed E-state index contributed by atoms with van der Waals surface area (Å²) in [5.41, 5.74) is 6.36. The molecule has 0 aliphatic rings. The van der Waals surface area contributed by atoms with Crippen LogP contribution >= 0.6 is 0 Å². The Morgan fingerprint density at radius 1 is 0.917 bits per heavy atom. The molecule has 0 radical (unpaired) electrons. The van der Waals surface area contributed by atoms with Crippen LogP contribution in [0, 0.1) is 5.41 Å². The van der Waals surface area contributed by atoms with Gasteiger partial charge in [-0.15, -0.1) is 0 Å². The van der Waals surface area contributed by atoms with E-state index in [0.29, 0.717) is 18.4 Å². The molecule has 0 fully saturated rings. The van der Waals surface area contributed by atoms with E-state index in [9.17, 15) is 19.2 Å². The van der Waals surface area contributed by atoms with E-state index in [0.717, 1.165) is 0 Å². The van der Waals surface area contributed by atoms with Gasteiger partial charge in [-0.2, -0.15) is 0 Å². The molecule has 1 rings (SSSR count). The van der Waals surface area contributed by atoms with Crippen molar-refractivity contribution in [1.82, 2.24) is 0 Å². The summed E-state index contributed by atoms with van der Waals surface area (Å²) in [4.78, 5) is 48.0. The third-order valence-corrected chi connectivity index (χ3v) is 4.50. The normalized spacial score (nSPS) is 12.8. The van der Waals surface area contributed by atoms with E-state index in [1.54, 1.807) is 13.0 Å². The highest BCUT2D eigenvalue weighted by atomic mass is 16.7. The fraction of sp³-hybridized carbons (Fsp3) is 0.615. The number of hydrogen-bond acceptors (Lipinski definition) is 10. The van der Waals surface area contributed by atoms with Crippen LogP contribution < -0.4 is 15.2 Å². The lowest BCUT2D eigenvalue weighted by atomic mass is 9.99. The van der Waals surface area contributed by atoms with Crippen LogP contribution in [0.3, 0.4) is 0 Å². The van der Waals surface area contributed by atoms with Crippen molar-refractivity contribution in [3.8, 4) is 11.5 Å². The molecule has 10 heteroatoms. The zero-order valence-corrected chi connectivity index (χ0v) is 22.1. The van der Waals surface area contributed by atoms with Crippen molar-refractivity contribution < 1.29 is 42.9 Å². The van der Waals surface area contributed by atoms with Gasteiger partial charge in [0.05, 0.1) is 6.61 Å². The van der Waals surface area contributed by atoms with Crippen molar-refractivity contribution in [3.05, 3.63) is 23.8 Å². The summed E-state index contributed by atoms with van der Waals surface area (Å²) in [5, 5.41) is 0. The predicted octanol–water partition coefficient (Wildman–Crippen LogP) is 4.10. The molecule has 0 saturated carbocycles. The van der Waals surface area contributed by atoms with Gasteiger partial charge < -0.3 is 29.4 Å². The van der Waals surface area contributed by atoms with Crippen molar-refractivity contribution in [3.63, 3.8) is 0 Å². The maximum Gasteiger partial charge on any atom is 0.508 e. The third-order valence-electron chi connectivity index (χ3n) is 4.50. The van der Waals surface area contributed by atoms with E-state index in [4.69, 9.17) is 29.4 Å². The summed E-state index contributed by atoms with van der Waals surface area (Å²) in [6.45, 7) is 11.0. The van der Waals surface area contributed by atoms with E-state index in [1.807, 2.05) is 34.6 Å². The molecular weight excluding hydrogens is 470 g/mol. The molecule has 0 saturated heterocycles. The first-order valence-corrected chi connectivity index (χ1v) is 12.1. The maximum atomic E-state index is 12.4. The minimum absolute atomic E-state index is 0.0726. The summed E-state index contributed by atoms with van der Waals surface area (Å²) < 4.78 is 25.9. The second kappa shape index (κ2) is 15.1. The minimum atomic E-state index is -1.03. The first kappa shape index (κ1) is 30.9. The molecule has 1 aromatic carbocycles. The van der Waals surface area contributed by atoms with E-state index in [1.165, 1.54) is 12.1 Å². The number of esters is 3. The lowest BCUT2D eigenvalue weighted by Gasteiger charge is -2.19. The van der Waals surface area contributed by atoms with Crippen LogP contribution in [-0.2, 0) is 35.0 Å². The van der Waals surface area contributed by atoms with Gasteiger partial charge in [0.25, 0.3) is 0 Å². The van der Waals surface area contributed by atoms with Crippen LogP contribution in [0.25, 0.3) is 0 Å². The number of hydrogen-bond donors (Lipinski definition) is 1. The molecule has 0 aromatic heterocycles. The molecule has 0 bridgehead atoms. The molecule has 2 N–H and O–H groups in total. The second-order valence-electron chi connectivity index (χ2n) is 9.70. The molecule has 10 nitrogen and oxygen atoms in total. The van der Waals surface area contributed by atoms with E-state index >= 15 is 0 Å². The molecule has 0 heterocycles. The SMILES string of the molecule is CCCC(=O)Oc1ccc(C[C@H](N)C(=O)OC[C@H](C)OC(=O)OCC(C)(C)C)cc1OC(=O)CCC. The highest BCUT2D eigenvalue weighted by Gasteiger charge is 2.21. The smallest absolute Gasteiger partial charge is 0.461 e. The molecule has 0 amide bonds. The van der Waals surface area contributed by atoms with Gasteiger partial charge in [-0.05, 0) is 49.3 Å². The zero-order valence-electron chi connectivity index (χ0n) is 22.1. The minimum Gasteiger partial charge on any atom is -0.461 e. The second-order valence-corrected chi connectivity index (χ2v) is 9.70. The molecule has 0 aliphatic heterocycles. The van der Waals surface area contributed by atoms with Crippen LogP contribution in [0.5, 0.6) is 11.5 Å². The topological polar surface area (TPSA) is 140 Å². The van der Waals surface area contributed by atoms with E-state index < -0.39 is 36.2 Å². The standard InChI is InChI=1S/C26H39NO9/c1-7-9-22(28)35-20-12-11-18(14-21(20)36-23(29)10-8-2)13-19(27)24(30)32-15-17(3)34-25(31)33-16-26(4,5)6/h11-12,14,17,19H,7-10,13,15-16,27H2,1-6H3/t17-,19-/m0/s1. The van der Waals surface area contributed by atoms with Crippen LogP contribution in [0.15, 0.2) is 18.2 Å². The number of ether oxygens (including phenoxy) is 5. The zero-order chi connectivity index (χ0) is 27.3. The van der Waals surface area contributed by atoms with E-state index in [2.05, 4.69) is 0 Å². The van der Waals surface area contributed by atoms with Gasteiger partial charge in [-0.1, -0.05) is 40.7 Å². The van der Waals surface area contributed by atoms with Gasteiger partial charge in [0.2, 0.25) is 0 Å². The van der Waals surface area contributed by atoms with Crippen LogP contribution in [0.1, 0.15) is 72.8 Å². The summed E-state index contributed by atoms with van der Waals surface area (Å²) in [6, 6.07) is 3.59. The first-order chi connectivity index (χ1) is 16.8. The molecule has 0 spiro atoms. The number of nitrogens with two attached hydrogens (primary N) is 1. The Hall–Kier alpha value is -3.14. The maximum absolute atomic E-state index is 12.4. The molecule has 0 aliphatic carbocycles. The van der Waals surface area contributed by atoms with Gasteiger partial charge in [-0.25, -0.2) is 4.79 Å².